The molecule has 17 heavy (non-hydrogen) atoms. The van der Waals surface area contributed by atoms with Gasteiger partial charge >= 0.3 is 0 Å². The average molecular weight is 236 g/mol. The van der Waals surface area contributed by atoms with E-state index in [0.29, 0.717) is 19.8 Å². The molecular formula is C13H20N2O2. The number of carbonyl (C=O) groups excluding carboxylic acids is 1. The van der Waals surface area contributed by atoms with Gasteiger partial charge in [-0.05, 0) is 25.0 Å². The van der Waals surface area contributed by atoms with Crippen LogP contribution in [0.2, 0.25) is 0 Å². The van der Waals surface area contributed by atoms with E-state index in [0.717, 1.165) is 11.1 Å². The van der Waals surface area contributed by atoms with Crippen LogP contribution in [0.15, 0.2) is 24.3 Å². The van der Waals surface area contributed by atoms with Gasteiger partial charge in [-0.2, -0.15) is 0 Å². The summed E-state index contributed by atoms with van der Waals surface area (Å²) in [6.45, 7) is 5.49. The van der Waals surface area contributed by atoms with E-state index >= 15 is 0 Å². The quantitative estimate of drug-likeness (QED) is 0.779. The van der Waals surface area contributed by atoms with Gasteiger partial charge in [-0.15, -0.1) is 0 Å². The van der Waals surface area contributed by atoms with Crippen molar-refractivity contribution in [2.45, 2.75) is 33.0 Å². The first kappa shape index (κ1) is 13.7. The molecule has 94 valence electrons. The van der Waals surface area contributed by atoms with Gasteiger partial charge in [0.15, 0.2) is 0 Å². The van der Waals surface area contributed by atoms with Crippen LogP contribution in [0.1, 0.15) is 25.0 Å². The molecule has 1 aromatic rings. The smallest absolute Gasteiger partial charge is 0.236 e. The molecule has 0 aliphatic heterocycles. The Morgan fingerprint density at radius 3 is 2.47 bits per heavy atom. The molecule has 3 N–H and O–H groups in total. The van der Waals surface area contributed by atoms with Gasteiger partial charge < -0.3 is 15.8 Å². The lowest BCUT2D eigenvalue weighted by molar-refractivity contribution is -0.122. The molecule has 4 heteroatoms. The van der Waals surface area contributed by atoms with Crippen molar-refractivity contribution in [3.63, 3.8) is 0 Å². The third kappa shape index (κ3) is 4.97. The normalized spacial score (nSPS) is 12.2. The topological polar surface area (TPSA) is 64.3 Å². The first-order valence-corrected chi connectivity index (χ1v) is 5.82. The first-order valence-electron chi connectivity index (χ1n) is 5.82. The molecule has 0 spiro atoms. The molecule has 0 saturated carbocycles. The molecule has 0 aliphatic carbocycles. The highest BCUT2D eigenvalue weighted by Crippen LogP contribution is 2.05. The molecule has 0 aliphatic rings. The van der Waals surface area contributed by atoms with Crippen LogP contribution in [0.25, 0.3) is 0 Å². The second kappa shape index (κ2) is 7.04. The van der Waals surface area contributed by atoms with Crippen LogP contribution in [-0.4, -0.2) is 18.6 Å². The van der Waals surface area contributed by atoms with E-state index in [9.17, 15) is 4.79 Å². The van der Waals surface area contributed by atoms with Gasteiger partial charge in [-0.25, -0.2) is 0 Å². The van der Waals surface area contributed by atoms with Gasteiger partial charge in [0.2, 0.25) is 5.91 Å². The van der Waals surface area contributed by atoms with E-state index in [1.54, 1.807) is 6.92 Å². The highest BCUT2D eigenvalue weighted by atomic mass is 16.5. The molecule has 0 fully saturated rings. The number of rotatable bonds is 6. The number of benzene rings is 1. The van der Waals surface area contributed by atoms with E-state index in [4.69, 9.17) is 10.5 Å². The fourth-order valence-corrected chi connectivity index (χ4v) is 1.32. The van der Waals surface area contributed by atoms with E-state index in [1.165, 1.54) is 0 Å². The number of hydrogen-bond acceptors (Lipinski definition) is 3. The summed E-state index contributed by atoms with van der Waals surface area (Å²) < 4.78 is 5.30. The van der Waals surface area contributed by atoms with Gasteiger partial charge in [0.1, 0.15) is 0 Å². The number of nitrogens with one attached hydrogen (secondary N) is 1. The summed E-state index contributed by atoms with van der Waals surface area (Å²) in [5.74, 6) is -0.136. The monoisotopic (exact) mass is 236 g/mol. The van der Waals surface area contributed by atoms with Crippen LogP contribution < -0.4 is 11.1 Å². The summed E-state index contributed by atoms with van der Waals surface area (Å²) in [6, 6.07) is 7.50. The second-order valence-corrected chi connectivity index (χ2v) is 3.96. The number of nitrogens with two attached hydrogens (primary N) is 1. The number of ether oxygens (including phenoxy) is 1. The number of amides is 1. The Balaban J connectivity index is 2.42. The van der Waals surface area contributed by atoms with E-state index in [1.807, 2.05) is 31.2 Å². The molecule has 1 unspecified atom stereocenters. The minimum absolute atomic E-state index is 0.136. The highest BCUT2D eigenvalue weighted by Gasteiger charge is 2.05. The van der Waals surface area contributed by atoms with Crippen molar-refractivity contribution in [2.24, 2.45) is 5.73 Å². The lowest BCUT2D eigenvalue weighted by Gasteiger charge is -2.08. The molecule has 1 atom stereocenters. The van der Waals surface area contributed by atoms with Gasteiger partial charge in [0.05, 0.1) is 12.6 Å². The lowest BCUT2D eigenvalue weighted by Crippen LogP contribution is -2.37. The van der Waals surface area contributed by atoms with Crippen LogP contribution in [0.3, 0.4) is 0 Å². The van der Waals surface area contributed by atoms with Crippen LogP contribution in [0, 0.1) is 0 Å². The Labute approximate surface area is 102 Å². The molecular weight excluding hydrogens is 216 g/mol. The van der Waals surface area contributed by atoms with Crippen molar-refractivity contribution in [2.75, 3.05) is 6.61 Å². The maximum Gasteiger partial charge on any atom is 0.236 e. The second-order valence-electron chi connectivity index (χ2n) is 3.96. The summed E-state index contributed by atoms with van der Waals surface area (Å²) in [5, 5.41) is 2.77. The Bertz CT molecular complexity index is 347. The standard InChI is InChI=1S/C13H20N2O2/c1-3-17-9-12-6-4-11(5-7-12)8-15-13(16)10(2)14/h4-7,10H,3,8-9,14H2,1-2H3,(H,15,16). The minimum atomic E-state index is -0.466. The molecule has 0 saturated heterocycles. The first-order chi connectivity index (χ1) is 8.13. The van der Waals surface area contributed by atoms with Crippen molar-refractivity contribution < 1.29 is 9.53 Å². The number of hydrogen-bond donors (Lipinski definition) is 2. The van der Waals surface area contributed by atoms with E-state index in [2.05, 4.69) is 5.32 Å². The molecule has 1 rings (SSSR count). The predicted octanol–water partition coefficient (Wildman–Crippen LogP) is 1.19. The summed E-state index contributed by atoms with van der Waals surface area (Å²) in [7, 11) is 0. The van der Waals surface area contributed by atoms with Gasteiger partial charge in [0, 0.05) is 13.2 Å². The zero-order chi connectivity index (χ0) is 12.7. The van der Waals surface area contributed by atoms with Crippen molar-refractivity contribution in [3.8, 4) is 0 Å². The zero-order valence-electron chi connectivity index (χ0n) is 10.4. The third-order valence-electron chi connectivity index (χ3n) is 2.38. The molecule has 0 bridgehead atoms. The molecule has 1 amide bonds. The molecule has 1 aromatic carbocycles. The van der Waals surface area contributed by atoms with Crippen molar-refractivity contribution in [3.05, 3.63) is 35.4 Å². The van der Waals surface area contributed by atoms with Gasteiger partial charge in [-0.3, -0.25) is 4.79 Å². The molecule has 4 nitrogen and oxygen atoms in total. The maximum atomic E-state index is 11.3. The van der Waals surface area contributed by atoms with Gasteiger partial charge in [0.25, 0.3) is 0 Å². The molecule has 0 heterocycles. The third-order valence-corrected chi connectivity index (χ3v) is 2.38. The summed E-state index contributed by atoms with van der Waals surface area (Å²) in [6.07, 6.45) is 0. The van der Waals surface area contributed by atoms with Crippen LogP contribution in [-0.2, 0) is 22.7 Å². The fraction of sp³-hybridized carbons (Fsp3) is 0.462. The Morgan fingerprint density at radius 2 is 1.94 bits per heavy atom. The van der Waals surface area contributed by atoms with Crippen molar-refractivity contribution in [1.29, 1.82) is 0 Å². The summed E-state index contributed by atoms with van der Waals surface area (Å²) >= 11 is 0. The van der Waals surface area contributed by atoms with Crippen LogP contribution in [0.4, 0.5) is 0 Å². The fourth-order valence-electron chi connectivity index (χ4n) is 1.32. The van der Waals surface area contributed by atoms with Crippen molar-refractivity contribution >= 4 is 5.91 Å². The Morgan fingerprint density at radius 1 is 1.35 bits per heavy atom. The van der Waals surface area contributed by atoms with Crippen molar-refractivity contribution in [1.82, 2.24) is 5.32 Å². The van der Waals surface area contributed by atoms with Crippen LogP contribution in [0.5, 0.6) is 0 Å². The summed E-state index contributed by atoms with van der Waals surface area (Å²) in [4.78, 5) is 11.3. The lowest BCUT2D eigenvalue weighted by atomic mass is 10.1. The molecule has 0 aromatic heterocycles. The van der Waals surface area contributed by atoms with Crippen LogP contribution >= 0.6 is 0 Å². The largest absolute Gasteiger partial charge is 0.377 e. The Hall–Kier alpha value is -1.39. The molecule has 0 radical (unpaired) electrons. The summed E-state index contributed by atoms with van der Waals surface area (Å²) in [5.41, 5.74) is 7.64. The van der Waals surface area contributed by atoms with Gasteiger partial charge in [-0.1, -0.05) is 24.3 Å². The zero-order valence-corrected chi connectivity index (χ0v) is 10.4. The Kier molecular flexibility index (Phi) is 5.66. The minimum Gasteiger partial charge on any atom is -0.377 e. The van der Waals surface area contributed by atoms with E-state index in [-0.39, 0.29) is 5.91 Å². The predicted molar refractivity (Wildman–Crippen MR) is 67.3 cm³/mol. The maximum absolute atomic E-state index is 11.3. The highest BCUT2D eigenvalue weighted by molar-refractivity contribution is 5.80. The number of carbonyl (C=O) groups is 1. The average Bonchev–Trinajstić information content (AvgIpc) is 2.34. The SMILES string of the molecule is CCOCc1ccc(CNC(=O)C(C)N)cc1. The van der Waals surface area contributed by atoms with E-state index < -0.39 is 6.04 Å².